The van der Waals surface area contributed by atoms with Crippen molar-refractivity contribution in [1.82, 2.24) is 5.32 Å². The summed E-state index contributed by atoms with van der Waals surface area (Å²) in [5.41, 5.74) is 2.17. The number of carboxylic acid groups (broad SMARTS) is 1. The number of hydrogen-bond donors (Lipinski definition) is 2. The molecule has 0 unspecified atom stereocenters. The van der Waals surface area contributed by atoms with E-state index in [4.69, 9.17) is 14.3 Å². The molecule has 2 heterocycles. The molecule has 0 bridgehead atoms. The van der Waals surface area contributed by atoms with Gasteiger partial charge in [0, 0.05) is 18.4 Å². The molecule has 0 aromatic heterocycles. The predicted molar refractivity (Wildman–Crippen MR) is 98.3 cm³/mol. The number of amides is 1. The number of hydrogen-bond acceptors (Lipinski definition) is 6. The van der Waals surface area contributed by atoms with Gasteiger partial charge >= 0.3 is 5.97 Å². The van der Waals surface area contributed by atoms with E-state index in [-0.39, 0.29) is 19.6 Å². The van der Waals surface area contributed by atoms with Crippen LogP contribution in [-0.4, -0.2) is 41.6 Å². The van der Waals surface area contributed by atoms with E-state index in [1.54, 1.807) is 12.1 Å². The molecule has 2 atom stereocenters. The molecule has 0 spiro atoms. The summed E-state index contributed by atoms with van der Waals surface area (Å²) < 4.78 is 10.6. The van der Waals surface area contributed by atoms with Gasteiger partial charge in [-0.05, 0) is 23.8 Å². The molecule has 0 aliphatic carbocycles. The van der Waals surface area contributed by atoms with Gasteiger partial charge in [-0.3, -0.25) is 4.79 Å². The lowest BCUT2D eigenvalue weighted by Gasteiger charge is -2.16. The number of carbonyl (C=O) groups excluding carboxylic acids is 1. The van der Waals surface area contributed by atoms with Crippen LogP contribution in [0.15, 0.2) is 53.7 Å². The third kappa shape index (κ3) is 3.75. The highest BCUT2D eigenvalue weighted by atomic mass is 16.7. The highest BCUT2D eigenvalue weighted by molar-refractivity contribution is 6.04. The molecule has 0 fully saturated rings. The minimum Gasteiger partial charge on any atom is -0.480 e. The molecule has 2 aliphatic rings. The molecule has 2 aliphatic heterocycles. The Balaban J connectivity index is 1.38. The third-order valence-electron chi connectivity index (χ3n) is 4.56. The summed E-state index contributed by atoms with van der Waals surface area (Å²) in [4.78, 5) is 29.3. The lowest BCUT2D eigenvalue weighted by molar-refractivity contribution is -0.143. The van der Waals surface area contributed by atoms with Gasteiger partial charge in [0.25, 0.3) is 5.91 Å². The molecule has 2 N–H and O–H groups in total. The van der Waals surface area contributed by atoms with Crippen LogP contribution in [0.2, 0.25) is 0 Å². The van der Waals surface area contributed by atoms with Crippen molar-refractivity contribution >= 4 is 17.6 Å². The van der Waals surface area contributed by atoms with Crippen LogP contribution in [0, 0.1) is 0 Å². The lowest BCUT2D eigenvalue weighted by atomic mass is 10.0. The fourth-order valence-electron chi connectivity index (χ4n) is 3.08. The number of carbonyl (C=O) groups is 2. The topological polar surface area (TPSA) is 106 Å². The molecule has 1 amide bonds. The van der Waals surface area contributed by atoms with Crippen LogP contribution >= 0.6 is 0 Å². The van der Waals surface area contributed by atoms with Crippen LogP contribution in [-0.2, 0) is 20.8 Å². The fourth-order valence-corrected chi connectivity index (χ4v) is 3.08. The molecule has 28 heavy (non-hydrogen) atoms. The normalized spacial score (nSPS) is 18.1. The lowest BCUT2D eigenvalue weighted by Crippen LogP contribution is -2.46. The molecular formula is C20H18N2O6. The Morgan fingerprint density at radius 3 is 2.71 bits per heavy atom. The van der Waals surface area contributed by atoms with Crippen LogP contribution in [0.4, 0.5) is 0 Å². The minimum atomic E-state index is -1.10. The Bertz CT molecular complexity index is 928. The Labute approximate surface area is 160 Å². The van der Waals surface area contributed by atoms with Gasteiger partial charge in [0.1, 0.15) is 6.04 Å². The summed E-state index contributed by atoms with van der Waals surface area (Å²) in [6, 6.07) is 13.4. The SMILES string of the molecule is O=C(N[C@H](Cc1ccccc1)C(=O)O)[C@@H]1CC(c2ccc3c(c2)OCO3)=NO1. The van der Waals surface area contributed by atoms with Crippen molar-refractivity contribution in [3.8, 4) is 11.5 Å². The molecule has 2 aromatic rings. The van der Waals surface area contributed by atoms with Gasteiger partial charge in [0.05, 0.1) is 5.71 Å². The van der Waals surface area contributed by atoms with E-state index < -0.39 is 24.0 Å². The van der Waals surface area contributed by atoms with Crippen molar-refractivity contribution in [2.24, 2.45) is 5.16 Å². The Hall–Kier alpha value is -3.55. The first-order valence-electron chi connectivity index (χ1n) is 8.80. The van der Waals surface area contributed by atoms with Crippen LogP contribution in [0.3, 0.4) is 0 Å². The zero-order valence-corrected chi connectivity index (χ0v) is 14.8. The van der Waals surface area contributed by atoms with Crippen LogP contribution in [0.1, 0.15) is 17.5 Å². The predicted octanol–water partition coefficient (Wildman–Crippen LogP) is 1.72. The third-order valence-corrected chi connectivity index (χ3v) is 4.56. The molecule has 8 heteroatoms. The Morgan fingerprint density at radius 2 is 1.93 bits per heavy atom. The molecule has 0 radical (unpaired) electrons. The first-order valence-corrected chi connectivity index (χ1v) is 8.80. The van der Waals surface area contributed by atoms with E-state index in [2.05, 4.69) is 10.5 Å². The fraction of sp³-hybridized carbons (Fsp3) is 0.250. The molecule has 144 valence electrons. The number of fused-ring (bicyclic) bond motifs is 1. The number of ether oxygens (including phenoxy) is 2. The van der Waals surface area contributed by atoms with E-state index >= 15 is 0 Å². The van der Waals surface area contributed by atoms with Crippen molar-refractivity contribution in [2.75, 3.05) is 6.79 Å². The smallest absolute Gasteiger partial charge is 0.326 e. The highest BCUT2D eigenvalue weighted by Gasteiger charge is 2.32. The second kappa shape index (κ2) is 7.59. The maximum atomic E-state index is 12.5. The van der Waals surface area contributed by atoms with E-state index in [1.165, 1.54) is 0 Å². The van der Waals surface area contributed by atoms with Gasteiger partial charge in [0.2, 0.25) is 12.9 Å². The number of aliphatic carboxylic acids is 1. The van der Waals surface area contributed by atoms with Gasteiger partial charge in [-0.25, -0.2) is 4.79 Å². The van der Waals surface area contributed by atoms with Gasteiger partial charge in [-0.1, -0.05) is 35.5 Å². The standard InChI is InChI=1S/C20H18N2O6/c23-19(21-15(20(24)25)8-12-4-2-1-3-5-12)18-10-14(22-28-18)13-6-7-16-17(9-13)27-11-26-16/h1-7,9,15,18H,8,10-11H2,(H,21,23)(H,24,25)/t15-,18+/m1/s1. The first-order chi connectivity index (χ1) is 13.6. The quantitative estimate of drug-likeness (QED) is 0.788. The molecule has 0 saturated carbocycles. The van der Waals surface area contributed by atoms with E-state index in [0.717, 1.165) is 11.1 Å². The summed E-state index contributed by atoms with van der Waals surface area (Å²) in [6.45, 7) is 0.171. The Kier molecular flexibility index (Phi) is 4.84. The van der Waals surface area contributed by atoms with Crippen molar-refractivity contribution in [3.63, 3.8) is 0 Å². The molecule has 0 saturated heterocycles. The average molecular weight is 382 g/mol. The van der Waals surface area contributed by atoms with Crippen LogP contribution < -0.4 is 14.8 Å². The molecular weight excluding hydrogens is 364 g/mol. The molecule has 2 aromatic carbocycles. The number of benzene rings is 2. The summed E-state index contributed by atoms with van der Waals surface area (Å²) in [7, 11) is 0. The second-order valence-corrected chi connectivity index (χ2v) is 6.49. The summed E-state index contributed by atoms with van der Waals surface area (Å²) in [5.74, 6) is -0.348. The zero-order chi connectivity index (χ0) is 19.5. The van der Waals surface area contributed by atoms with E-state index in [9.17, 15) is 14.7 Å². The average Bonchev–Trinajstić information content (AvgIpc) is 3.37. The first kappa shape index (κ1) is 17.8. The van der Waals surface area contributed by atoms with Gasteiger partial charge in [-0.15, -0.1) is 0 Å². The molecule has 4 rings (SSSR count). The van der Waals surface area contributed by atoms with Crippen molar-refractivity contribution < 1.29 is 29.0 Å². The molecule has 8 nitrogen and oxygen atoms in total. The summed E-state index contributed by atoms with van der Waals surface area (Å²) in [6.07, 6.45) is -0.453. The van der Waals surface area contributed by atoms with Crippen LogP contribution in [0.5, 0.6) is 11.5 Å². The van der Waals surface area contributed by atoms with Crippen molar-refractivity contribution in [2.45, 2.75) is 25.0 Å². The second-order valence-electron chi connectivity index (χ2n) is 6.49. The van der Waals surface area contributed by atoms with Crippen molar-refractivity contribution in [3.05, 3.63) is 59.7 Å². The minimum absolute atomic E-state index is 0.171. The zero-order valence-electron chi connectivity index (χ0n) is 14.8. The van der Waals surface area contributed by atoms with E-state index in [1.807, 2.05) is 36.4 Å². The van der Waals surface area contributed by atoms with Gasteiger partial charge < -0.3 is 24.7 Å². The van der Waals surface area contributed by atoms with Crippen molar-refractivity contribution in [1.29, 1.82) is 0 Å². The number of oxime groups is 1. The maximum Gasteiger partial charge on any atom is 0.326 e. The van der Waals surface area contributed by atoms with Crippen LogP contribution in [0.25, 0.3) is 0 Å². The maximum absolute atomic E-state index is 12.5. The number of carboxylic acids is 1. The summed E-state index contributed by atoms with van der Waals surface area (Å²) >= 11 is 0. The van der Waals surface area contributed by atoms with Gasteiger partial charge in [-0.2, -0.15) is 0 Å². The van der Waals surface area contributed by atoms with E-state index in [0.29, 0.717) is 17.2 Å². The van der Waals surface area contributed by atoms with Gasteiger partial charge in [0.15, 0.2) is 11.5 Å². The largest absolute Gasteiger partial charge is 0.480 e. The highest BCUT2D eigenvalue weighted by Crippen LogP contribution is 2.33. The number of rotatable bonds is 6. The summed E-state index contributed by atoms with van der Waals surface area (Å²) in [5, 5.41) is 16.0. The Morgan fingerprint density at radius 1 is 1.14 bits per heavy atom. The number of nitrogens with one attached hydrogen (secondary N) is 1. The number of nitrogens with zero attached hydrogens (tertiary/aromatic N) is 1. The monoisotopic (exact) mass is 382 g/mol.